The number of ether oxygens (including phenoxy) is 1. The van der Waals surface area contributed by atoms with Crippen molar-refractivity contribution >= 4 is 39.3 Å². The summed E-state index contributed by atoms with van der Waals surface area (Å²) in [5.41, 5.74) is 2.19. The first-order valence-electron chi connectivity index (χ1n) is 8.93. The normalized spacial score (nSPS) is 10.3. The van der Waals surface area contributed by atoms with E-state index in [9.17, 15) is 14.4 Å². The van der Waals surface area contributed by atoms with Crippen LogP contribution in [0.25, 0.3) is 11.3 Å². The summed E-state index contributed by atoms with van der Waals surface area (Å²) in [4.78, 5) is 16.7. The molecule has 30 heavy (non-hydrogen) atoms. The topological polar surface area (TPSA) is 75.0 Å². The van der Waals surface area contributed by atoms with Gasteiger partial charge in [-0.15, -0.1) is 11.8 Å². The fourth-order valence-electron chi connectivity index (χ4n) is 2.60. The van der Waals surface area contributed by atoms with E-state index in [1.807, 2.05) is 24.3 Å². The highest BCUT2D eigenvalue weighted by Gasteiger charge is 2.11. The Hall–Kier alpha value is -2.89. The van der Waals surface area contributed by atoms with Crippen molar-refractivity contribution in [2.24, 2.45) is 0 Å². The van der Waals surface area contributed by atoms with Gasteiger partial charge in [0, 0.05) is 22.2 Å². The van der Waals surface area contributed by atoms with E-state index in [1.54, 1.807) is 25.3 Å². The number of carbonyl (C=O) groups excluding carboxylic acids is 1. The van der Waals surface area contributed by atoms with Gasteiger partial charge in [0.2, 0.25) is 5.91 Å². The zero-order chi connectivity index (χ0) is 21.5. The molecule has 0 spiro atoms. The van der Waals surface area contributed by atoms with Crippen LogP contribution in [-0.4, -0.2) is 23.8 Å². The van der Waals surface area contributed by atoms with Crippen molar-refractivity contribution in [3.8, 4) is 23.1 Å². The van der Waals surface area contributed by atoms with Crippen LogP contribution in [0.3, 0.4) is 0 Å². The number of hydrogen-bond acceptors (Lipinski definition) is 5. The highest BCUT2D eigenvalue weighted by atomic mass is 79.9. The lowest BCUT2D eigenvalue weighted by atomic mass is 10.1. The summed E-state index contributed by atoms with van der Waals surface area (Å²) in [5.74, 6) is 0.326. The largest absolute Gasteiger partial charge is 0.497 e. The van der Waals surface area contributed by atoms with E-state index in [0.717, 1.165) is 17.0 Å². The zero-order valence-electron chi connectivity index (χ0n) is 16.0. The second kappa shape index (κ2) is 10.2. The first-order valence-corrected chi connectivity index (χ1v) is 10.7. The summed E-state index contributed by atoms with van der Waals surface area (Å²) in [5, 5.41) is 12.5. The molecule has 152 valence electrons. The zero-order valence-corrected chi connectivity index (χ0v) is 18.4. The van der Waals surface area contributed by atoms with Crippen LogP contribution < -0.4 is 10.1 Å². The summed E-state index contributed by atoms with van der Waals surface area (Å²) >= 11 is 4.49. The van der Waals surface area contributed by atoms with Gasteiger partial charge in [-0.25, -0.2) is 9.37 Å². The number of carbonyl (C=O) groups is 1. The number of halogens is 2. The molecule has 1 amide bonds. The summed E-state index contributed by atoms with van der Waals surface area (Å²) in [6.45, 7) is 0. The molecule has 0 atom stereocenters. The predicted octanol–water partition coefficient (Wildman–Crippen LogP) is 5.65. The Balaban J connectivity index is 1.65. The number of nitrogens with one attached hydrogen (secondary N) is 1. The maximum atomic E-state index is 13.8. The third-order valence-electron chi connectivity index (χ3n) is 4.14. The Labute approximate surface area is 186 Å². The molecule has 8 heteroatoms. The van der Waals surface area contributed by atoms with Crippen LogP contribution in [-0.2, 0) is 4.79 Å². The van der Waals surface area contributed by atoms with E-state index >= 15 is 0 Å². The van der Waals surface area contributed by atoms with Crippen LogP contribution in [0, 0.1) is 17.1 Å². The smallest absolute Gasteiger partial charge is 0.225 e. The standard InChI is InChI=1S/C22H17BrFN3O2S/c1-29-17-6-2-14(3-7-17)19-8-4-15(13-25)22(27-19)30-11-10-21(28)26-20-9-5-16(23)12-18(20)24/h2-9,12H,10-11H2,1H3,(H,26,28). The van der Waals surface area contributed by atoms with Gasteiger partial charge < -0.3 is 10.1 Å². The Morgan fingerprint density at radius 2 is 2.00 bits per heavy atom. The van der Waals surface area contributed by atoms with E-state index in [4.69, 9.17) is 4.74 Å². The van der Waals surface area contributed by atoms with Crippen molar-refractivity contribution in [1.29, 1.82) is 5.26 Å². The molecule has 3 rings (SSSR count). The van der Waals surface area contributed by atoms with E-state index < -0.39 is 5.82 Å². The minimum Gasteiger partial charge on any atom is -0.497 e. The van der Waals surface area contributed by atoms with E-state index in [0.29, 0.717) is 20.8 Å². The molecule has 5 nitrogen and oxygen atoms in total. The first kappa shape index (κ1) is 21.8. The molecule has 1 N–H and O–H groups in total. The molecule has 0 aliphatic rings. The molecule has 1 aromatic heterocycles. The predicted molar refractivity (Wildman–Crippen MR) is 119 cm³/mol. The second-order valence-corrected chi connectivity index (χ2v) is 8.16. The number of anilines is 1. The van der Waals surface area contributed by atoms with Crippen molar-refractivity contribution in [2.75, 3.05) is 18.2 Å². The number of benzene rings is 2. The third-order valence-corrected chi connectivity index (χ3v) is 5.63. The molecule has 0 saturated carbocycles. The maximum Gasteiger partial charge on any atom is 0.225 e. The second-order valence-electron chi connectivity index (χ2n) is 6.16. The number of hydrogen-bond donors (Lipinski definition) is 1. The Morgan fingerprint density at radius 1 is 1.23 bits per heavy atom. The number of thioether (sulfide) groups is 1. The number of methoxy groups -OCH3 is 1. The quantitative estimate of drug-likeness (QED) is 0.437. The number of rotatable bonds is 7. The van der Waals surface area contributed by atoms with Crippen molar-refractivity contribution in [3.05, 3.63) is 70.5 Å². The first-order chi connectivity index (χ1) is 14.5. The summed E-state index contributed by atoms with van der Waals surface area (Å²) < 4.78 is 19.6. The lowest BCUT2D eigenvalue weighted by Gasteiger charge is -2.09. The molecular formula is C22H17BrFN3O2S. The fraction of sp³-hybridized carbons (Fsp3) is 0.136. The number of aromatic nitrogens is 1. The van der Waals surface area contributed by atoms with Gasteiger partial charge in [0.1, 0.15) is 22.7 Å². The number of nitrogens with zero attached hydrogens (tertiary/aromatic N) is 2. The van der Waals surface area contributed by atoms with Crippen molar-refractivity contribution in [1.82, 2.24) is 4.98 Å². The summed E-state index contributed by atoms with van der Waals surface area (Å²) in [6.07, 6.45) is 0.152. The lowest BCUT2D eigenvalue weighted by molar-refractivity contribution is -0.115. The number of amides is 1. The monoisotopic (exact) mass is 485 g/mol. The average Bonchev–Trinajstić information content (AvgIpc) is 2.75. The van der Waals surface area contributed by atoms with Gasteiger partial charge in [0.15, 0.2) is 0 Å². The van der Waals surface area contributed by atoms with Crippen LogP contribution in [0.2, 0.25) is 0 Å². The van der Waals surface area contributed by atoms with Gasteiger partial charge in [-0.05, 0) is 54.6 Å². The minimum absolute atomic E-state index is 0.130. The number of nitriles is 1. The van der Waals surface area contributed by atoms with E-state index in [1.165, 1.54) is 23.9 Å². The van der Waals surface area contributed by atoms with Crippen LogP contribution in [0.4, 0.5) is 10.1 Å². The average molecular weight is 486 g/mol. The molecule has 0 aliphatic carbocycles. The Bertz CT molecular complexity index is 1100. The van der Waals surface area contributed by atoms with Gasteiger partial charge in [-0.2, -0.15) is 5.26 Å². The van der Waals surface area contributed by atoms with Crippen molar-refractivity contribution in [2.45, 2.75) is 11.4 Å². The minimum atomic E-state index is -0.508. The molecular weight excluding hydrogens is 469 g/mol. The van der Waals surface area contributed by atoms with E-state index in [-0.39, 0.29) is 18.0 Å². The van der Waals surface area contributed by atoms with Crippen LogP contribution >= 0.6 is 27.7 Å². The van der Waals surface area contributed by atoms with Crippen molar-refractivity contribution < 1.29 is 13.9 Å². The van der Waals surface area contributed by atoms with Crippen LogP contribution in [0.1, 0.15) is 12.0 Å². The van der Waals surface area contributed by atoms with Gasteiger partial charge in [0.25, 0.3) is 0 Å². The van der Waals surface area contributed by atoms with Gasteiger partial charge in [-0.3, -0.25) is 4.79 Å². The van der Waals surface area contributed by atoms with E-state index in [2.05, 4.69) is 32.3 Å². The lowest BCUT2D eigenvalue weighted by Crippen LogP contribution is -2.13. The fourth-order valence-corrected chi connectivity index (χ4v) is 3.85. The molecule has 3 aromatic rings. The SMILES string of the molecule is COc1ccc(-c2ccc(C#N)c(SCCC(=O)Nc3ccc(Br)cc3F)n2)cc1. The van der Waals surface area contributed by atoms with Crippen molar-refractivity contribution in [3.63, 3.8) is 0 Å². The summed E-state index contributed by atoms with van der Waals surface area (Å²) in [6, 6.07) is 17.5. The van der Waals surface area contributed by atoms with Crippen LogP contribution in [0.5, 0.6) is 5.75 Å². The molecule has 2 aromatic carbocycles. The highest BCUT2D eigenvalue weighted by Crippen LogP contribution is 2.27. The Morgan fingerprint density at radius 3 is 2.67 bits per heavy atom. The maximum absolute atomic E-state index is 13.8. The molecule has 0 unspecified atom stereocenters. The highest BCUT2D eigenvalue weighted by molar-refractivity contribution is 9.10. The molecule has 1 heterocycles. The van der Waals surface area contributed by atoms with Gasteiger partial charge >= 0.3 is 0 Å². The molecule has 0 fully saturated rings. The Kier molecular flexibility index (Phi) is 7.44. The van der Waals surface area contributed by atoms with Crippen LogP contribution in [0.15, 0.2) is 64.1 Å². The molecule has 0 radical (unpaired) electrons. The molecule has 0 aliphatic heterocycles. The van der Waals surface area contributed by atoms with Gasteiger partial charge in [-0.1, -0.05) is 15.9 Å². The molecule has 0 bridgehead atoms. The number of pyridine rings is 1. The summed E-state index contributed by atoms with van der Waals surface area (Å²) in [7, 11) is 1.60. The van der Waals surface area contributed by atoms with Gasteiger partial charge in [0.05, 0.1) is 24.1 Å². The third kappa shape index (κ3) is 5.59. The molecule has 0 saturated heterocycles.